The quantitative estimate of drug-likeness (QED) is 0.336. The van der Waals surface area contributed by atoms with Gasteiger partial charge in [0.05, 0.1) is 22.8 Å². The van der Waals surface area contributed by atoms with Crippen molar-refractivity contribution in [3.8, 4) is 0 Å². The number of fused-ring (bicyclic) bond motifs is 8. The predicted octanol–water partition coefficient (Wildman–Crippen LogP) is 4.35. The van der Waals surface area contributed by atoms with Crippen LogP contribution in [0.4, 0.5) is 0 Å². The molecule has 2 aliphatic heterocycles. The molecule has 3 aromatic heterocycles. The molecule has 0 saturated carbocycles. The number of carbonyl (C=O) groups excluding carboxylic acids is 2. The Hall–Kier alpha value is -3.84. The van der Waals surface area contributed by atoms with E-state index in [1.54, 1.807) is 0 Å². The molecule has 8 bridgehead atoms. The van der Waals surface area contributed by atoms with Crippen LogP contribution < -0.4 is 20.2 Å². The molecule has 0 radical (unpaired) electrons. The van der Waals surface area contributed by atoms with E-state index in [9.17, 15) is 19.8 Å². The van der Waals surface area contributed by atoms with E-state index in [0.717, 1.165) is 79.8 Å². The van der Waals surface area contributed by atoms with E-state index in [4.69, 9.17) is 19.9 Å². The number of aliphatic carboxylic acids is 2. The van der Waals surface area contributed by atoms with Crippen molar-refractivity contribution in [1.82, 2.24) is 19.9 Å². The van der Waals surface area contributed by atoms with Gasteiger partial charge in [-0.25, -0.2) is 9.97 Å². The van der Waals surface area contributed by atoms with Gasteiger partial charge in [0.15, 0.2) is 0 Å². The van der Waals surface area contributed by atoms with Crippen LogP contribution in [0, 0.1) is 13.8 Å². The summed E-state index contributed by atoms with van der Waals surface area (Å²) in [5.41, 5.74) is 13.8. The standard InChI is InChI=1S/C34H38N4O4.Zn/c1-7-21-17(3)25-13-26-19(5)23(9-11-33(39)40)31(37-26)16-32-24(10-12-34(41)42)20(6)28(38-32)15-30-22(8-2)18(4)27(36-30)14-29(21)35-25;/h13-16H,7-12H2,1-6H3,(H4,35,36,37,38,39,40,41,42);/q;+2/p-3. The molecule has 9 heteroatoms. The van der Waals surface area contributed by atoms with Crippen LogP contribution >= 0.6 is 0 Å². The molecule has 0 saturated heterocycles. The molecule has 0 spiro atoms. The largest absolute Gasteiger partial charge is 2.00 e. The number of hydrogen-bond donors (Lipinski definition) is 0. The Morgan fingerprint density at radius 2 is 1.09 bits per heavy atom. The predicted molar refractivity (Wildman–Crippen MR) is 162 cm³/mol. The Kier molecular flexibility index (Phi) is 9.55. The summed E-state index contributed by atoms with van der Waals surface area (Å²) >= 11 is 0. The first-order chi connectivity index (χ1) is 20.0. The zero-order chi connectivity index (χ0) is 30.3. The zero-order valence-corrected chi connectivity index (χ0v) is 28.6. The van der Waals surface area contributed by atoms with E-state index in [1.165, 1.54) is 0 Å². The van der Waals surface area contributed by atoms with Crippen molar-refractivity contribution < 1.29 is 40.7 Å². The third-order valence-electron chi connectivity index (χ3n) is 8.51. The Balaban J connectivity index is 0.00000264. The number of carboxylic acids is 2. The molecule has 5 heterocycles. The van der Waals surface area contributed by atoms with Crippen LogP contribution in [0.1, 0.15) is 99.8 Å². The second-order valence-corrected chi connectivity index (χ2v) is 11.0. The average Bonchev–Trinajstić information content (AvgIpc) is 3.59. The van der Waals surface area contributed by atoms with Gasteiger partial charge < -0.3 is 29.8 Å². The summed E-state index contributed by atoms with van der Waals surface area (Å²) in [6, 6.07) is 7.83. The van der Waals surface area contributed by atoms with Gasteiger partial charge >= 0.3 is 20.9 Å². The summed E-state index contributed by atoms with van der Waals surface area (Å²) in [4.78, 5) is 42.7. The topological polar surface area (TPSA) is 134 Å². The molecule has 0 amide bonds. The number of carboxylic acid groups (broad SMARTS) is 2. The number of aromatic nitrogens is 4. The van der Waals surface area contributed by atoms with Crippen LogP contribution in [-0.2, 0) is 41.9 Å². The van der Waals surface area contributed by atoms with Crippen LogP contribution in [0.5, 0.6) is 0 Å². The van der Waals surface area contributed by atoms with Gasteiger partial charge in [-0.2, -0.15) is 0 Å². The van der Waals surface area contributed by atoms with Crippen molar-refractivity contribution in [1.29, 1.82) is 0 Å². The van der Waals surface area contributed by atoms with Crippen LogP contribution in [0.25, 0.3) is 44.4 Å². The van der Waals surface area contributed by atoms with E-state index < -0.39 is 11.9 Å². The summed E-state index contributed by atoms with van der Waals surface area (Å²) in [6.45, 7) is 12.2. The minimum Gasteiger partial charge on any atom is -0.657 e. The normalized spacial score (nSPS) is 13.0. The first-order valence-corrected chi connectivity index (χ1v) is 14.5. The minimum absolute atomic E-state index is 0. The molecule has 2 aliphatic rings. The van der Waals surface area contributed by atoms with Crippen molar-refractivity contribution in [2.24, 2.45) is 0 Å². The van der Waals surface area contributed by atoms with Crippen molar-refractivity contribution in [2.75, 3.05) is 0 Å². The van der Waals surface area contributed by atoms with Crippen molar-refractivity contribution in [3.05, 3.63) is 69.3 Å². The summed E-state index contributed by atoms with van der Waals surface area (Å²) in [6.07, 6.45) is 1.82. The molecule has 3 aromatic rings. The van der Waals surface area contributed by atoms with Gasteiger partial charge in [0.1, 0.15) is 0 Å². The fourth-order valence-electron chi connectivity index (χ4n) is 6.05. The molecule has 0 atom stereocenters. The van der Waals surface area contributed by atoms with Crippen LogP contribution in [0.2, 0.25) is 0 Å². The molecular formula is C34H35N4O4Zn-. The molecule has 5 rings (SSSR count). The van der Waals surface area contributed by atoms with Crippen LogP contribution in [0.3, 0.4) is 0 Å². The second kappa shape index (κ2) is 12.8. The number of allylic oxidation sites excluding steroid dienone is 4. The number of carbonyl (C=O) groups is 2. The van der Waals surface area contributed by atoms with Gasteiger partial charge in [-0.15, -0.1) is 22.1 Å². The Morgan fingerprint density at radius 1 is 0.651 bits per heavy atom. The van der Waals surface area contributed by atoms with Crippen molar-refractivity contribution in [3.63, 3.8) is 0 Å². The van der Waals surface area contributed by atoms with Gasteiger partial charge in [0.2, 0.25) is 0 Å². The minimum atomic E-state index is -1.14. The summed E-state index contributed by atoms with van der Waals surface area (Å²) in [7, 11) is 0. The molecule has 0 aromatic carbocycles. The number of nitrogens with zero attached hydrogens (tertiary/aromatic N) is 4. The number of aryl methyl sites for hydroxylation is 4. The van der Waals surface area contributed by atoms with E-state index in [-0.39, 0.29) is 46.6 Å². The van der Waals surface area contributed by atoms with Gasteiger partial charge in [-0.1, -0.05) is 60.4 Å². The zero-order valence-electron chi connectivity index (χ0n) is 26.7. The fraction of sp³-hybridized carbons (Fsp3) is 0.353. The molecule has 0 aliphatic carbocycles. The van der Waals surface area contributed by atoms with E-state index in [2.05, 4.69) is 33.8 Å². The van der Waals surface area contributed by atoms with E-state index >= 15 is 0 Å². The Bertz CT molecular complexity index is 1870. The summed E-state index contributed by atoms with van der Waals surface area (Å²) in [5.74, 6) is -2.27. The molecule has 0 unspecified atom stereocenters. The fourth-order valence-corrected chi connectivity index (χ4v) is 6.05. The smallest absolute Gasteiger partial charge is 0.657 e. The van der Waals surface area contributed by atoms with Gasteiger partial charge in [0.25, 0.3) is 0 Å². The Morgan fingerprint density at radius 3 is 1.65 bits per heavy atom. The summed E-state index contributed by atoms with van der Waals surface area (Å²) in [5, 5.41) is 22.8. The second-order valence-electron chi connectivity index (χ2n) is 11.0. The van der Waals surface area contributed by atoms with Crippen molar-refractivity contribution in [2.45, 2.75) is 80.1 Å². The third-order valence-corrected chi connectivity index (χ3v) is 8.51. The molecular weight excluding hydrogens is 594 g/mol. The molecule has 8 nitrogen and oxygen atoms in total. The first-order valence-electron chi connectivity index (χ1n) is 14.5. The van der Waals surface area contributed by atoms with Gasteiger partial charge in [-0.3, -0.25) is 0 Å². The maximum Gasteiger partial charge on any atom is 2.00 e. The SMILES string of the molecule is CCC1=C(C)c2cc3[n-]c(cc4nc(cc5[n-]c(cc1n2)c(C)c5CCC(=O)[O-])C(CCC(=O)[O-])=C4C)c(C)c3CC.[H+].[Zn+2]. The monoisotopic (exact) mass is 627 g/mol. The molecule has 218 valence electrons. The van der Waals surface area contributed by atoms with Crippen molar-refractivity contribution >= 4 is 56.3 Å². The summed E-state index contributed by atoms with van der Waals surface area (Å²) < 4.78 is 0. The van der Waals surface area contributed by atoms with Crippen LogP contribution in [0.15, 0.2) is 24.3 Å². The molecule has 0 fully saturated rings. The van der Waals surface area contributed by atoms with Gasteiger partial charge in [0, 0.05) is 11.9 Å². The average molecular weight is 629 g/mol. The number of rotatable bonds is 8. The molecule has 0 N–H and O–H groups in total. The third kappa shape index (κ3) is 6.14. The maximum atomic E-state index is 11.4. The Labute approximate surface area is 265 Å². The van der Waals surface area contributed by atoms with E-state index in [1.807, 2.05) is 32.0 Å². The van der Waals surface area contributed by atoms with Crippen LogP contribution in [-0.4, -0.2) is 21.9 Å². The number of hydrogen-bond acceptors (Lipinski definition) is 6. The molecule has 43 heavy (non-hydrogen) atoms. The first kappa shape index (κ1) is 32.1. The van der Waals surface area contributed by atoms with Gasteiger partial charge in [-0.05, 0) is 88.5 Å². The van der Waals surface area contributed by atoms with E-state index in [0.29, 0.717) is 22.4 Å². The maximum absolute atomic E-state index is 11.4.